The molecule has 2 heteroatoms. The number of fused-ring (bicyclic) bond motifs is 2. The lowest BCUT2D eigenvalue weighted by molar-refractivity contribution is 0.227. The van der Waals surface area contributed by atoms with Crippen LogP contribution in [0.2, 0.25) is 0 Å². The van der Waals surface area contributed by atoms with Crippen LogP contribution in [0.3, 0.4) is 0 Å². The number of pyridine rings is 1. The molecule has 0 spiro atoms. The zero-order chi connectivity index (χ0) is 11.1. The summed E-state index contributed by atoms with van der Waals surface area (Å²) < 4.78 is 0. The van der Waals surface area contributed by atoms with Gasteiger partial charge in [0.15, 0.2) is 0 Å². The highest BCUT2D eigenvalue weighted by Gasteiger charge is 2.40. The summed E-state index contributed by atoms with van der Waals surface area (Å²) in [6, 6.07) is 7.51. The van der Waals surface area contributed by atoms with Crippen LogP contribution in [0.5, 0.6) is 0 Å². The molecule has 1 aliphatic heterocycles. The van der Waals surface area contributed by atoms with Crippen molar-refractivity contribution in [2.24, 2.45) is 5.92 Å². The Morgan fingerprint density at radius 3 is 2.81 bits per heavy atom. The Bertz CT molecular complexity index is 408. The van der Waals surface area contributed by atoms with Crippen LogP contribution in [-0.4, -0.2) is 28.5 Å². The summed E-state index contributed by atoms with van der Waals surface area (Å²) in [5, 5.41) is 0. The van der Waals surface area contributed by atoms with Crippen LogP contribution in [0, 0.1) is 5.92 Å². The van der Waals surface area contributed by atoms with Gasteiger partial charge in [0.25, 0.3) is 0 Å². The van der Waals surface area contributed by atoms with Gasteiger partial charge in [-0.1, -0.05) is 12.1 Å². The fraction of sp³-hybridized carbons (Fsp3) is 0.500. The Kier molecular flexibility index (Phi) is 2.32. The molecule has 3 rings (SSSR count). The summed E-state index contributed by atoms with van der Waals surface area (Å²) in [6.07, 6.45) is 5.61. The number of rotatable bonds is 2. The van der Waals surface area contributed by atoms with E-state index in [1.54, 1.807) is 0 Å². The van der Waals surface area contributed by atoms with Crippen LogP contribution in [-0.2, 0) is 0 Å². The topological polar surface area (TPSA) is 16.1 Å². The lowest BCUT2D eigenvalue weighted by atomic mass is 9.99. The second-order valence-electron chi connectivity index (χ2n) is 5.13. The maximum absolute atomic E-state index is 4.46. The maximum atomic E-state index is 4.46. The Labute approximate surface area is 97.0 Å². The van der Waals surface area contributed by atoms with Crippen molar-refractivity contribution in [3.05, 3.63) is 36.2 Å². The van der Waals surface area contributed by atoms with E-state index in [2.05, 4.69) is 41.9 Å². The molecule has 0 amide bonds. The first-order valence-corrected chi connectivity index (χ1v) is 6.14. The summed E-state index contributed by atoms with van der Waals surface area (Å²) in [7, 11) is 0. The zero-order valence-electron chi connectivity index (χ0n) is 9.93. The minimum atomic E-state index is 0.655. The van der Waals surface area contributed by atoms with Crippen LogP contribution in [0.15, 0.2) is 30.5 Å². The molecule has 84 valence electrons. The lowest BCUT2D eigenvalue weighted by Gasteiger charge is -2.29. The van der Waals surface area contributed by atoms with E-state index >= 15 is 0 Å². The van der Waals surface area contributed by atoms with Gasteiger partial charge in [-0.3, -0.25) is 9.88 Å². The number of hydrogen-bond donors (Lipinski definition) is 0. The molecule has 2 bridgehead atoms. The van der Waals surface area contributed by atoms with Crippen molar-refractivity contribution in [2.45, 2.75) is 32.4 Å². The summed E-state index contributed by atoms with van der Waals surface area (Å²) in [5.74, 6) is 0.710. The molecule has 2 atom stereocenters. The van der Waals surface area contributed by atoms with Gasteiger partial charge in [0.05, 0.1) is 5.69 Å². The second-order valence-corrected chi connectivity index (χ2v) is 5.13. The van der Waals surface area contributed by atoms with Crippen LogP contribution in [0.4, 0.5) is 0 Å². The van der Waals surface area contributed by atoms with E-state index in [9.17, 15) is 0 Å². The van der Waals surface area contributed by atoms with Crippen LogP contribution >= 0.6 is 0 Å². The van der Waals surface area contributed by atoms with Crippen molar-refractivity contribution in [2.75, 3.05) is 6.54 Å². The number of nitrogens with zero attached hydrogens (tertiary/aromatic N) is 2. The number of likely N-dealkylation sites (tertiary alicyclic amines) is 1. The van der Waals surface area contributed by atoms with E-state index in [-0.39, 0.29) is 0 Å². The van der Waals surface area contributed by atoms with Crippen molar-refractivity contribution in [3.8, 4) is 0 Å². The minimum Gasteiger partial charge on any atom is -0.294 e. The van der Waals surface area contributed by atoms with Gasteiger partial charge in [-0.05, 0) is 38.0 Å². The zero-order valence-corrected chi connectivity index (χ0v) is 9.93. The highest BCUT2D eigenvalue weighted by molar-refractivity contribution is 5.69. The monoisotopic (exact) mass is 214 g/mol. The first kappa shape index (κ1) is 10.0. The van der Waals surface area contributed by atoms with Gasteiger partial charge >= 0.3 is 0 Å². The molecule has 2 aliphatic rings. The standard InChI is InChI=1S/C14H18N2/c1-10(2)16-9-11-7-12(16)8-13(11)14-5-3-4-6-15-14/h3-6,8,10-12H,7,9H2,1-2H3/t11-,12-/m1/s1. The number of hydrogen-bond acceptors (Lipinski definition) is 2. The first-order valence-electron chi connectivity index (χ1n) is 6.14. The molecule has 1 saturated heterocycles. The molecule has 0 N–H and O–H groups in total. The lowest BCUT2D eigenvalue weighted by Crippen LogP contribution is -2.36. The minimum absolute atomic E-state index is 0.655. The van der Waals surface area contributed by atoms with Crippen LogP contribution < -0.4 is 0 Å². The molecule has 1 fully saturated rings. The second kappa shape index (κ2) is 3.70. The predicted octanol–water partition coefficient (Wildman–Crippen LogP) is 2.58. The molecule has 16 heavy (non-hydrogen) atoms. The van der Waals surface area contributed by atoms with E-state index in [0.717, 1.165) is 0 Å². The Hall–Kier alpha value is -1.15. The van der Waals surface area contributed by atoms with E-state index in [1.807, 2.05) is 12.3 Å². The summed E-state index contributed by atoms with van der Waals surface area (Å²) in [4.78, 5) is 7.06. The van der Waals surface area contributed by atoms with E-state index in [1.165, 1.54) is 24.2 Å². The summed E-state index contributed by atoms with van der Waals surface area (Å²) in [6.45, 7) is 5.79. The predicted molar refractivity (Wildman–Crippen MR) is 66.0 cm³/mol. The van der Waals surface area contributed by atoms with Gasteiger partial charge in [0.1, 0.15) is 0 Å². The Balaban J connectivity index is 1.87. The van der Waals surface area contributed by atoms with Gasteiger partial charge in [0, 0.05) is 30.7 Å². The number of aromatic nitrogens is 1. The molecule has 1 aromatic rings. The van der Waals surface area contributed by atoms with Gasteiger partial charge in [-0.15, -0.1) is 0 Å². The van der Waals surface area contributed by atoms with Crippen molar-refractivity contribution in [1.29, 1.82) is 0 Å². The molecule has 2 heterocycles. The highest BCUT2D eigenvalue weighted by Crippen LogP contribution is 2.42. The van der Waals surface area contributed by atoms with Gasteiger partial charge < -0.3 is 0 Å². The van der Waals surface area contributed by atoms with E-state index in [0.29, 0.717) is 18.0 Å². The third-order valence-electron chi connectivity index (χ3n) is 3.82. The van der Waals surface area contributed by atoms with Gasteiger partial charge in [-0.25, -0.2) is 0 Å². The SMILES string of the molecule is CC(C)N1C[C@H]2C[C@@H]1C=C2c1ccccn1. The van der Waals surface area contributed by atoms with Crippen molar-refractivity contribution >= 4 is 5.57 Å². The quantitative estimate of drug-likeness (QED) is 0.752. The fourth-order valence-electron chi connectivity index (χ4n) is 3.05. The molecule has 0 aromatic carbocycles. The molecular formula is C14H18N2. The van der Waals surface area contributed by atoms with E-state index < -0.39 is 0 Å². The average Bonchev–Trinajstić information content (AvgIpc) is 2.89. The highest BCUT2D eigenvalue weighted by atomic mass is 15.2. The third-order valence-corrected chi connectivity index (χ3v) is 3.82. The fourth-order valence-corrected chi connectivity index (χ4v) is 3.05. The average molecular weight is 214 g/mol. The summed E-state index contributed by atoms with van der Waals surface area (Å²) >= 11 is 0. The molecular weight excluding hydrogens is 196 g/mol. The summed E-state index contributed by atoms with van der Waals surface area (Å²) in [5.41, 5.74) is 2.65. The molecule has 0 saturated carbocycles. The van der Waals surface area contributed by atoms with Gasteiger partial charge in [-0.2, -0.15) is 0 Å². The van der Waals surface area contributed by atoms with Crippen molar-refractivity contribution in [3.63, 3.8) is 0 Å². The molecule has 0 radical (unpaired) electrons. The third kappa shape index (κ3) is 1.49. The van der Waals surface area contributed by atoms with Crippen LogP contribution in [0.25, 0.3) is 5.57 Å². The molecule has 0 unspecified atom stereocenters. The van der Waals surface area contributed by atoms with Crippen LogP contribution in [0.1, 0.15) is 26.0 Å². The molecule has 1 aliphatic carbocycles. The smallest absolute Gasteiger partial charge is 0.0662 e. The van der Waals surface area contributed by atoms with Crippen molar-refractivity contribution in [1.82, 2.24) is 9.88 Å². The first-order chi connectivity index (χ1) is 7.75. The van der Waals surface area contributed by atoms with E-state index in [4.69, 9.17) is 0 Å². The molecule has 1 aromatic heterocycles. The van der Waals surface area contributed by atoms with Crippen molar-refractivity contribution < 1.29 is 0 Å². The maximum Gasteiger partial charge on any atom is 0.0662 e. The Morgan fingerprint density at radius 2 is 2.25 bits per heavy atom. The normalized spacial score (nSPS) is 28.8. The molecule has 2 nitrogen and oxygen atoms in total. The largest absolute Gasteiger partial charge is 0.294 e. The Morgan fingerprint density at radius 1 is 1.38 bits per heavy atom. The van der Waals surface area contributed by atoms with Gasteiger partial charge in [0.2, 0.25) is 0 Å².